The highest BCUT2D eigenvalue weighted by Crippen LogP contribution is 2.25. The van der Waals surface area contributed by atoms with Crippen LogP contribution in [-0.4, -0.2) is 25.5 Å². The number of fused-ring (bicyclic) bond motifs is 1. The molecule has 0 aliphatic rings. The Morgan fingerprint density at radius 3 is 2.19 bits per heavy atom. The van der Waals surface area contributed by atoms with E-state index in [2.05, 4.69) is 10.6 Å². The third-order valence-corrected chi connectivity index (χ3v) is 4.35. The van der Waals surface area contributed by atoms with Crippen LogP contribution in [0.3, 0.4) is 0 Å². The lowest BCUT2D eigenvalue weighted by atomic mass is 10.0. The number of carbonyl (C=O) groups excluding carboxylic acids is 2. The Morgan fingerprint density at radius 1 is 0.963 bits per heavy atom. The van der Waals surface area contributed by atoms with Gasteiger partial charge in [-0.25, -0.2) is 0 Å². The maximum Gasteiger partial charge on any atom is 0.250 e. The number of methoxy groups -OCH3 is 1. The molecule has 0 atom stereocenters. The Kier molecular flexibility index (Phi) is 5.57. The number of furan rings is 1. The second-order valence-electron chi connectivity index (χ2n) is 6.48. The Balaban J connectivity index is 1.64. The summed E-state index contributed by atoms with van der Waals surface area (Å²) < 4.78 is 10.3. The molecule has 0 saturated heterocycles. The van der Waals surface area contributed by atoms with Crippen LogP contribution in [0.25, 0.3) is 11.0 Å². The average Bonchev–Trinajstić information content (AvgIpc) is 2.99. The Morgan fingerprint density at radius 2 is 1.56 bits per heavy atom. The van der Waals surface area contributed by atoms with Gasteiger partial charge in [0.15, 0.2) is 0 Å². The van der Waals surface area contributed by atoms with Crippen molar-refractivity contribution in [3.63, 3.8) is 0 Å². The molecule has 0 saturated carbocycles. The van der Waals surface area contributed by atoms with Crippen LogP contribution in [0, 0.1) is 13.8 Å². The topological polar surface area (TPSA) is 80.6 Å². The average molecular weight is 366 g/mol. The molecule has 2 aromatic carbocycles. The molecule has 0 aliphatic carbocycles. The molecule has 27 heavy (non-hydrogen) atoms. The van der Waals surface area contributed by atoms with Crippen molar-refractivity contribution in [2.24, 2.45) is 0 Å². The van der Waals surface area contributed by atoms with E-state index >= 15 is 0 Å². The van der Waals surface area contributed by atoms with Crippen molar-refractivity contribution in [1.29, 1.82) is 0 Å². The van der Waals surface area contributed by atoms with Crippen LogP contribution in [0.4, 0.5) is 11.4 Å². The van der Waals surface area contributed by atoms with Crippen molar-refractivity contribution in [3.05, 3.63) is 59.4 Å². The number of carbonyl (C=O) groups is 2. The number of rotatable bonds is 6. The SMILES string of the molecule is COCC(=O)Nc1ccc(NC(=O)Cc2coc3cc(C)c(C)cc23)cc1. The molecule has 0 fully saturated rings. The zero-order valence-corrected chi connectivity index (χ0v) is 15.6. The van der Waals surface area contributed by atoms with Crippen molar-refractivity contribution in [2.45, 2.75) is 20.3 Å². The minimum Gasteiger partial charge on any atom is -0.464 e. The molecule has 0 bridgehead atoms. The molecule has 0 unspecified atom stereocenters. The molecule has 6 nitrogen and oxygen atoms in total. The molecule has 3 aromatic rings. The van der Waals surface area contributed by atoms with Gasteiger partial charge in [0.25, 0.3) is 0 Å². The van der Waals surface area contributed by atoms with Gasteiger partial charge in [-0.1, -0.05) is 0 Å². The monoisotopic (exact) mass is 366 g/mol. The molecule has 1 aromatic heterocycles. The largest absolute Gasteiger partial charge is 0.464 e. The highest BCUT2D eigenvalue weighted by Gasteiger charge is 2.12. The predicted molar refractivity (Wildman–Crippen MR) is 105 cm³/mol. The molecule has 2 N–H and O–H groups in total. The Hall–Kier alpha value is -3.12. The molecule has 3 rings (SSSR count). The Labute approximate surface area is 157 Å². The summed E-state index contributed by atoms with van der Waals surface area (Å²) >= 11 is 0. The number of nitrogens with one attached hydrogen (secondary N) is 2. The smallest absolute Gasteiger partial charge is 0.250 e. The zero-order chi connectivity index (χ0) is 19.4. The summed E-state index contributed by atoms with van der Waals surface area (Å²) in [6, 6.07) is 11.0. The van der Waals surface area contributed by atoms with E-state index in [-0.39, 0.29) is 24.8 Å². The lowest BCUT2D eigenvalue weighted by molar-refractivity contribution is -0.119. The first-order valence-corrected chi connectivity index (χ1v) is 8.62. The third kappa shape index (κ3) is 4.54. The van der Waals surface area contributed by atoms with Gasteiger partial charge >= 0.3 is 0 Å². The number of ether oxygens (including phenoxy) is 1. The highest BCUT2D eigenvalue weighted by atomic mass is 16.5. The second-order valence-corrected chi connectivity index (χ2v) is 6.48. The summed E-state index contributed by atoms with van der Waals surface area (Å²) in [4.78, 5) is 23.9. The van der Waals surface area contributed by atoms with Crippen LogP contribution in [-0.2, 0) is 20.7 Å². The standard InChI is InChI=1S/C21H22N2O4/c1-13-8-18-15(11-27-19(18)9-14(13)2)10-20(24)22-16-4-6-17(7-5-16)23-21(25)12-26-3/h4-9,11H,10,12H2,1-3H3,(H,22,24)(H,23,25). The molecular weight excluding hydrogens is 344 g/mol. The van der Waals surface area contributed by atoms with Crippen molar-refractivity contribution < 1.29 is 18.7 Å². The predicted octanol–water partition coefficient (Wildman–Crippen LogP) is 3.82. The quantitative estimate of drug-likeness (QED) is 0.695. The maximum atomic E-state index is 12.4. The molecule has 140 valence electrons. The first kappa shape index (κ1) is 18.7. The maximum absolute atomic E-state index is 12.4. The van der Waals surface area contributed by atoms with Gasteiger partial charge in [0.2, 0.25) is 11.8 Å². The lowest BCUT2D eigenvalue weighted by Gasteiger charge is -2.08. The minimum absolute atomic E-state index is 0.00383. The number of hydrogen-bond donors (Lipinski definition) is 2. The summed E-state index contributed by atoms with van der Waals surface area (Å²) in [7, 11) is 1.46. The van der Waals surface area contributed by atoms with E-state index in [1.54, 1.807) is 30.5 Å². The fraction of sp³-hybridized carbons (Fsp3) is 0.238. The first-order valence-electron chi connectivity index (χ1n) is 8.62. The van der Waals surface area contributed by atoms with E-state index in [4.69, 9.17) is 9.15 Å². The summed E-state index contributed by atoms with van der Waals surface area (Å²) in [5, 5.41) is 6.52. The fourth-order valence-corrected chi connectivity index (χ4v) is 2.82. The fourth-order valence-electron chi connectivity index (χ4n) is 2.82. The van der Waals surface area contributed by atoms with Gasteiger partial charge in [0.1, 0.15) is 12.2 Å². The van der Waals surface area contributed by atoms with Gasteiger partial charge in [-0.3, -0.25) is 9.59 Å². The second kappa shape index (κ2) is 8.05. The molecule has 1 heterocycles. The lowest BCUT2D eigenvalue weighted by Crippen LogP contribution is -2.17. The van der Waals surface area contributed by atoms with Gasteiger partial charge in [-0.2, -0.15) is 0 Å². The summed E-state index contributed by atoms with van der Waals surface area (Å²) in [5.74, 6) is -0.362. The summed E-state index contributed by atoms with van der Waals surface area (Å²) in [6.45, 7) is 4.07. The zero-order valence-electron chi connectivity index (χ0n) is 15.6. The van der Waals surface area contributed by atoms with E-state index in [1.807, 2.05) is 26.0 Å². The van der Waals surface area contributed by atoms with Crippen molar-refractivity contribution in [2.75, 3.05) is 24.4 Å². The van der Waals surface area contributed by atoms with Gasteiger partial charge in [-0.15, -0.1) is 0 Å². The third-order valence-electron chi connectivity index (χ3n) is 4.35. The molecule has 0 aliphatic heterocycles. The van der Waals surface area contributed by atoms with Crippen molar-refractivity contribution >= 4 is 34.2 Å². The van der Waals surface area contributed by atoms with Gasteiger partial charge in [-0.05, 0) is 61.4 Å². The first-order chi connectivity index (χ1) is 13.0. The molecule has 6 heteroatoms. The van der Waals surface area contributed by atoms with Crippen LogP contribution in [0.15, 0.2) is 47.1 Å². The van der Waals surface area contributed by atoms with E-state index in [0.717, 1.165) is 27.7 Å². The number of benzene rings is 2. The Bertz CT molecular complexity index is 974. The summed E-state index contributed by atoms with van der Waals surface area (Å²) in [6.07, 6.45) is 1.86. The molecule has 0 radical (unpaired) electrons. The van der Waals surface area contributed by atoms with Crippen LogP contribution in [0.1, 0.15) is 16.7 Å². The van der Waals surface area contributed by atoms with E-state index in [0.29, 0.717) is 11.4 Å². The normalized spacial score (nSPS) is 10.8. The van der Waals surface area contributed by atoms with E-state index < -0.39 is 0 Å². The van der Waals surface area contributed by atoms with Crippen LogP contribution in [0.2, 0.25) is 0 Å². The molecule has 2 amide bonds. The van der Waals surface area contributed by atoms with Crippen LogP contribution in [0.5, 0.6) is 0 Å². The van der Waals surface area contributed by atoms with Crippen LogP contribution < -0.4 is 10.6 Å². The highest BCUT2D eigenvalue weighted by molar-refractivity contribution is 5.96. The van der Waals surface area contributed by atoms with Gasteiger partial charge < -0.3 is 19.8 Å². The summed E-state index contributed by atoms with van der Waals surface area (Å²) in [5.41, 5.74) is 5.26. The molecule has 0 spiro atoms. The van der Waals surface area contributed by atoms with Gasteiger partial charge in [0, 0.05) is 29.4 Å². The van der Waals surface area contributed by atoms with Gasteiger partial charge in [0.05, 0.1) is 12.7 Å². The van der Waals surface area contributed by atoms with Crippen LogP contribution >= 0.6 is 0 Å². The van der Waals surface area contributed by atoms with E-state index in [1.165, 1.54) is 7.11 Å². The minimum atomic E-state index is -0.230. The van der Waals surface area contributed by atoms with Crippen molar-refractivity contribution in [1.82, 2.24) is 0 Å². The number of amides is 2. The number of aryl methyl sites for hydroxylation is 2. The van der Waals surface area contributed by atoms with E-state index in [9.17, 15) is 9.59 Å². The number of anilines is 2. The number of hydrogen-bond acceptors (Lipinski definition) is 4. The molecular formula is C21H22N2O4. The van der Waals surface area contributed by atoms with Crippen molar-refractivity contribution in [3.8, 4) is 0 Å².